The maximum atomic E-state index is 12.4. The normalized spacial score (nSPS) is 12.0. The number of anilines is 1. The van der Waals surface area contributed by atoms with E-state index in [2.05, 4.69) is 10.3 Å². The van der Waals surface area contributed by atoms with E-state index in [1.165, 1.54) is 6.07 Å². The van der Waals surface area contributed by atoms with Crippen molar-refractivity contribution in [3.8, 4) is 0 Å². The van der Waals surface area contributed by atoms with Crippen molar-refractivity contribution in [3.63, 3.8) is 0 Å². The molecule has 0 saturated heterocycles. The van der Waals surface area contributed by atoms with Gasteiger partial charge < -0.3 is 5.32 Å². The first kappa shape index (κ1) is 17.2. The van der Waals surface area contributed by atoms with E-state index in [1.807, 2.05) is 0 Å². The second-order valence-electron chi connectivity index (χ2n) is 4.35. The third-order valence-corrected chi connectivity index (χ3v) is 3.93. The van der Waals surface area contributed by atoms with Gasteiger partial charge in [-0.15, -0.1) is 0 Å². The first-order valence-corrected chi connectivity index (χ1v) is 8.27. The van der Waals surface area contributed by atoms with Gasteiger partial charge in [0.25, 0.3) is 15.0 Å². The summed E-state index contributed by atoms with van der Waals surface area (Å²) < 4.78 is 59.3. The molecule has 0 fully saturated rings. The lowest BCUT2D eigenvalue weighted by molar-refractivity contribution is -0.137. The largest absolute Gasteiger partial charge is 0.416 e. The van der Waals surface area contributed by atoms with Crippen molar-refractivity contribution in [2.75, 3.05) is 5.32 Å². The molecular weight excluding hydrogens is 357 g/mol. The number of hydrogen-bond acceptors (Lipinski definition) is 4. The summed E-state index contributed by atoms with van der Waals surface area (Å²) in [5, 5.41) is 1.99. The van der Waals surface area contributed by atoms with Crippen molar-refractivity contribution in [2.24, 2.45) is 0 Å². The summed E-state index contributed by atoms with van der Waals surface area (Å²) in [5.74, 6) is -0.665. The number of carbonyl (C=O) groups is 1. The van der Waals surface area contributed by atoms with Crippen molar-refractivity contribution < 1.29 is 26.4 Å². The van der Waals surface area contributed by atoms with E-state index < -0.39 is 26.7 Å². The van der Waals surface area contributed by atoms with Crippen LogP contribution in [0, 0.1) is 0 Å². The molecule has 0 unspecified atom stereocenters. The standard InChI is InChI=1S/C13H8ClF3N2O3S/c14-23(21,22)11-6-5-10(7-18-11)19-12(20)8-1-3-9(4-2-8)13(15,16)17/h1-7H,(H,19,20). The monoisotopic (exact) mass is 364 g/mol. The summed E-state index contributed by atoms with van der Waals surface area (Å²) in [6.45, 7) is 0. The van der Waals surface area contributed by atoms with Gasteiger partial charge in [0, 0.05) is 16.2 Å². The lowest BCUT2D eigenvalue weighted by Crippen LogP contribution is -2.13. The first-order chi connectivity index (χ1) is 10.6. The Hall–Kier alpha value is -2.13. The van der Waals surface area contributed by atoms with Gasteiger partial charge in [0.1, 0.15) is 0 Å². The zero-order valence-corrected chi connectivity index (χ0v) is 12.7. The Morgan fingerprint density at radius 2 is 1.70 bits per heavy atom. The number of pyridine rings is 1. The van der Waals surface area contributed by atoms with E-state index in [4.69, 9.17) is 10.7 Å². The molecule has 23 heavy (non-hydrogen) atoms. The maximum absolute atomic E-state index is 12.4. The second-order valence-corrected chi connectivity index (χ2v) is 6.87. The van der Waals surface area contributed by atoms with Crippen LogP contribution in [0.3, 0.4) is 0 Å². The van der Waals surface area contributed by atoms with Gasteiger partial charge in [-0.2, -0.15) is 13.2 Å². The van der Waals surface area contributed by atoms with E-state index in [0.717, 1.165) is 36.5 Å². The lowest BCUT2D eigenvalue weighted by atomic mass is 10.1. The SMILES string of the molecule is O=C(Nc1ccc(S(=O)(=O)Cl)nc1)c1ccc(C(F)(F)F)cc1. The van der Waals surface area contributed by atoms with Crippen molar-refractivity contribution in [1.82, 2.24) is 4.98 Å². The van der Waals surface area contributed by atoms with E-state index in [-0.39, 0.29) is 16.3 Å². The van der Waals surface area contributed by atoms with E-state index in [0.29, 0.717) is 0 Å². The molecule has 2 aromatic rings. The van der Waals surface area contributed by atoms with Gasteiger partial charge in [-0.3, -0.25) is 4.79 Å². The Morgan fingerprint density at radius 3 is 2.13 bits per heavy atom. The van der Waals surface area contributed by atoms with Gasteiger partial charge in [-0.25, -0.2) is 13.4 Å². The minimum atomic E-state index is -4.48. The van der Waals surface area contributed by atoms with Gasteiger partial charge >= 0.3 is 6.18 Å². The molecule has 0 atom stereocenters. The third-order valence-electron chi connectivity index (χ3n) is 2.72. The number of benzene rings is 1. The average Bonchev–Trinajstić information content (AvgIpc) is 2.46. The molecule has 5 nitrogen and oxygen atoms in total. The second kappa shape index (κ2) is 6.17. The number of rotatable bonds is 3. The van der Waals surface area contributed by atoms with Crippen LogP contribution < -0.4 is 5.32 Å². The quantitative estimate of drug-likeness (QED) is 0.848. The number of carbonyl (C=O) groups excluding carboxylic acids is 1. The van der Waals surface area contributed by atoms with Gasteiger partial charge in [-0.05, 0) is 36.4 Å². The summed E-state index contributed by atoms with van der Waals surface area (Å²) in [7, 11) is 1.12. The van der Waals surface area contributed by atoms with Gasteiger partial charge in [0.05, 0.1) is 17.4 Å². The van der Waals surface area contributed by atoms with Crippen LogP contribution in [0.15, 0.2) is 47.6 Å². The van der Waals surface area contributed by atoms with Gasteiger partial charge in [0.2, 0.25) is 0 Å². The topological polar surface area (TPSA) is 76.1 Å². The summed E-state index contributed by atoms with van der Waals surface area (Å²) in [4.78, 5) is 15.5. The Labute approximate surface area is 133 Å². The molecule has 0 aliphatic heterocycles. The molecule has 0 saturated carbocycles. The Balaban J connectivity index is 2.13. The van der Waals surface area contributed by atoms with Crippen LogP contribution in [0.25, 0.3) is 0 Å². The highest BCUT2D eigenvalue weighted by Crippen LogP contribution is 2.29. The Bertz CT molecular complexity index is 819. The molecule has 122 valence electrons. The van der Waals surface area contributed by atoms with Crippen molar-refractivity contribution in [1.29, 1.82) is 0 Å². The highest BCUT2D eigenvalue weighted by atomic mass is 35.7. The number of amides is 1. The molecule has 0 aliphatic carbocycles. The van der Waals surface area contributed by atoms with E-state index >= 15 is 0 Å². The van der Waals surface area contributed by atoms with Crippen molar-refractivity contribution in [2.45, 2.75) is 11.2 Å². The maximum Gasteiger partial charge on any atom is 0.416 e. The molecule has 0 bridgehead atoms. The molecule has 1 amide bonds. The predicted octanol–water partition coefficient (Wildman–Crippen LogP) is 3.28. The fourth-order valence-electron chi connectivity index (χ4n) is 1.61. The van der Waals surface area contributed by atoms with Crippen molar-refractivity contribution in [3.05, 3.63) is 53.7 Å². The van der Waals surface area contributed by atoms with Crippen LogP contribution in [-0.4, -0.2) is 19.3 Å². The summed E-state index contributed by atoms with van der Waals surface area (Å²) in [6.07, 6.45) is -3.42. The van der Waals surface area contributed by atoms with Crippen LogP contribution in [0.2, 0.25) is 0 Å². The Morgan fingerprint density at radius 1 is 1.09 bits per heavy atom. The summed E-state index contributed by atoms with van der Waals surface area (Å²) in [6, 6.07) is 5.98. The molecular formula is C13H8ClF3N2O3S. The average molecular weight is 365 g/mol. The molecule has 10 heteroatoms. The molecule has 0 aliphatic rings. The van der Waals surface area contributed by atoms with Gasteiger partial charge in [0.15, 0.2) is 5.03 Å². The highest BCUT2D eigenvalue weighted by Gasteiger charge is 2.30. The molecule has 0 radical (unpaired) electrons. The fraction of sp³-hybridized carbons (Fsp3) is 0.0769. The molecule has 1 heterocycles. The molecule has 1 aromatic heterocycles. The molecule has 2 rings (SSSR count). The zero-order chi connectivity index (χ0) is 17.3. The van der Waals surface area contributed by atoms with Crippen LogP contribution in [0.4, 0.5) is 18.9 Å². The molecule has 1 N–H and O–H groups in total. The zero-order valence-electron chi connectivity index (χ0n) is 11.1. The minimum absolute atomic E-state index is 0.00652. The molecule has 0 spiro atoms. The number of nitrogens with zero attached hydrogens (tertiary/aromatic N) is 1. The molecule has 1 aromatic carbocycles. The van der Waals surface area contributed by atoms with Crippen LogP contribution >= 0.6 is 10.7 Å². The minimum Gasteiger partial charge on any atom is -0.321 e. The number of alkyl halides is 3. The Kier molecular flexibility index (Phi) is 4.62. The first-order valence-electron chi connectivity index (χ1n) is 5.97. The number of hydrogen-bond donors (Lipinski definition) is 1. The van der Waals surface area contributed by atoms with Crippen LogP contribution in [-0.2, 0) is 15.2 Å². The summed E-state index contributed by atoms with van der Waals surface area (Å²) in [5.41, 5.74) is -0.696. The van der Waals surface area contributed by atoms with Crippen molar-refractivity contribution >= 4 is 31.3 Å². The fourth-order valence-corrected chi connectivity index (χ4v) is 2.30. The van der Waals surface area contributed by atoms with Crippen LogP contribution in [0.1, 0.15) is 15.9 Å². The van der Waals surface area contributed by atoms with E-state index in [1.54, 1.807) is 0 Å². The third kappa shape index (κ3) is 4.42. The van der Waals surface area contributed by atoms with E-state index in [9.17, 15) is 26.4 Å². The van der Waals surface area contributed by atoms with Gasteiger partial charge in [-0.1, -0.05) is 0 Å². The smallest absolute Gasteiger partial charge is 0.321 e. The highest BCUT2D eigenvalue weighted by molar-refractivity contribution is 8.13. The lowest BCUT2D eigenvalue weighted by Gasteiger charge is -2.08. The number of nitrogens with one attached hydrogen (secondary N) is 1. The summed E-state index contributed by atoms with van der Waals surface area (Å²) >= 11 is 0. The number of aromatic nitrogens is 1. The predicted molar refractivity (Wildman–Crippen MR) is 76.7 cm³/mol. The number of halogens is 4. The van der Waals surface area contributed by atoms with Crippen LogP contribution in [0.5, 0.6) is 0 Å².